The number of hydrogen-bond acceptors (Lipinski definition) is 3. The van der Waals surface area contributed by atoms with Crippen molar-refractivity contribution < 1.29 is 0 Å². The van der Waals surface area contributed by atoms with E-state index in [-0.39, 0.29) is 12.4 Å². The van der Waals surface area contributed by atoms with E-state index >= 15 is 0 Å². The second-order valence-corrected chi connectivity index (χ2v) is 5.33. The fourth-order valence-electron chi connectivity index (χ4n) is 2.34. The number of anilines is 1. The molecule has 2 aromatic rings. The predicted octanol–water partition coefficient (Wildman–Crippen LogP) is 3.24. The lowest BCUT2D eigenvalue weighted by atomic mass is 10.1. The van der Waals surface area contributed by atoms with Crippen molar-refractivity contribution in [2.24, 2.45) is 5.73 Å². The average Bonchev–Trinajstić information content (AvgIpc) is 3.14. The largest absolute Gasteiger partial charge is 0.366 e. The molecular formula is C16H20ClN3. The lowest BCUT2D eigenvalue weighted by Gasteiger charge is -2.07. The topological polar surface area (TPSA) is 50.9 Å². The van der Waals surface area contributed by atoms with Crippen LogP contribution >= 0.6 is 12.4 Å². The zero-order valence-corrected chi connectivity index (χ0v) is 12.4. The molecule has 1 aliphatic carbocycles. The highest BCUT2D eigenvalue weighted by molar-refractivity contribution is 5.85. The Balaban J connectivity index is 0.00000147. The maximum atomic E-state index is 5.84. The van der Waals surface area contributed by atoms with Gasteiger partial charge in [-0.15, -0.1) is 12.4 Å². The summed E-state index contributed by atoms with van der Waals surface area (Å²) in [6.45, 7) is 2.91. The maximum Gasteiger partial charge on any atom is 0.126 e. The quantitative estimate of drug-likeness (QED) is 0.908. The molecule has 2 atom stereocenters. The van der Waals surface area contributed by atoms with E-state index in [0.717, 1.165) is 18.8 Å². The van der Waals surface area contributed by atoms with Crippen LogP contribution in [0.4, 0.5) is 5.82 Å². The van der Waals surface area contributed by atoms with Crippen LogP contribution in [-0.4, -0.2) is 11.0 Å². The number of aromatic nitrogens is 1. The number of nitrogens with one attached hydrogen (secondary N) is 1. The molecular weight excluding hydrogens is 270 g/mol. The predicted molar refractivity (Wildman–Crippen MR) is 85.3 cm³/mol. The van der Waals surface area contributed by atoms with Gasteiger partial charge in [-0.1, -0.05) is 35.9 Å². The summed E-state index contributed by atoms with van der Waals surface area (Å²) < 4.78 is 0. The Bertz CT molecular complexity index is 568. The van der Waals surface area contributed by atoms with E-state index in [1.807, 2.05) is 12.3 Å². The highest BCUT2D eigenvalue weighted by Crippen LogP contribution is 2.38. The Kier molecular flexibility index (Phi) is 4.63. The van der Waals surface area contributed by atoms with Gasteiger partial charge in [-0.3, -0.25) is 0 Å². The molecule has 1 heterocycles. The molecule has 4 heteroatoms. The van der Waals surface area contributed by atoms with Crippen LogP contribution in [0.5, 0.6) is 0 Å². The van der Waals surface area contributed by atoms with Crippen molar-refractivity contribution in [3.63, 3.8) is 0 Å². The van der Waals surface area contributed by atoms with Crippen molar-refractivity contribution in [1.29, 1.82) is 0 Å². The Morgan fingerprint density at radius 3 is 2.70 bits per heavy atom. The minimum absolute atomic E-state index is 0. The fourth-order valence-corrected chi connectivity index (χ4v) is 2.34. The standard InChI is InChI=1S/C16H19N3.ClH/c1-11-3-2-4-12(7-11)9-18-16-6-5-13(10-19-16)14-8-15(14)17;/h2-7,10,14-15H,8-9,17H2,1H3,(H,18,19);1H/t14-,15+;/m0./s1. The van der Waals surface area contributed by atoms with Crippen molar-refractivity contribution in [2.45, 2.75) is 31.8 Å². The summed E-state index contributed by atoms with van der Waals surface area (Å²) in [6.07, 6.45) is 3.04. The van der Waals surface area contributed by atoms with Crippen LogP contribution in [0.3, 0.4) is 0 Å². The van der Waals surface area contributed by atoms with Gasteiger partial charge in [0, 0.05) is 24.7 Å². The average molecular weight is 290 g/mol. The van der Waals surface area contributed by atoms with Gasteiger partial charge in [0.05, 0.1) is 0 Å². The molecule has 106 valence electrons. The number of nitrogens with zero attached hydrogens (tertiary/aromatic N) is 1. The summed E-state index contributed by atoms with van der Waals surface area (Å²) in [6, 6.07) is 13.0. The summed E-state index contributed by atoms with van der Waals surface area (Å²) in [5, 5.41) is 3.34. The molecule has 0 amide bonds. The highest BCUT2D eigenvalue weighted by Gasteiger charge is 2.34. The van der Waals surface area contributed by atoms with E-state index in [0.29, 0.717) is 12.0 Å². The number of benzene rings is 1. The number of pyridine rings is 1. The first-order valence-corrected chi connectivity index (χ1v) is 6.73. The van der Waals surface area contributed by atoms with Gasteiger partial charge in [0.2, 0.25) is 0 Å². The molecule has 0 spiro atoms. The second kappa shape index (κ2) is 6.25. The third-order valence-electron chi connectivity index (χ3n) is 3.61. The fraction of sp³-hybridized carbons (Fsp3) is 0.312. The minimum Gasteiger partial charge on any atom is -0.366 e. The van der Waals surface area contributed by atoms with Gasteiger partial charge in [0.15, 0.2) is 0 Å². The van der Waals surface area contributed by atoms with Crippen LogP contribution in [0.25, 0.3) is 0 Å². The van der Waals surface area contributed by atoms with E-state index in [1.54, 1.807) is 0 Å². The molecule has 0 aliphatic heterocycles. The number of rotatable bonds is 4. The van der Waals surface area contributed by atoms with Crippen LogP contribution in [0.2, 0.25) is 0 Å². The van der Waals surface area contributed by atoms with Crippen LogP contribution in [-0.2, 0) is 6.54 Å². The Labute approximate surface area is 126 Å². The monoisotopic (exact) mass is 289 g/mol. The first kappa shape index (κ1) is 14.8. The smallest absolute Gasteiger partial charge is 0.126 e. The molecule has 0 radical (unpaired) electrons. The molecule has 3 nitrogen and oxygen atoms in total. The Morgan fingerprint density at radius 1 is 1.30 bits per heavy atom. The number of aryl methyl sites for hydroxylation is 1. The third kappa shape index (κ3) is 3.50. The summed E-state index contributed by atoms with van der Waals surface area (Å²) in [5.74, 6) is 1.44. The van der Waals surface area contributed by atoms with E-state index in [4.69, 9.17) is 5.73 Å². The molecule has 3 N–H and O–H groups in total. The van der Waals surface area contributed by atoms with E-state index in [2.05, 4.69) is 47.6 Å². The Morgan fingerprint density at radius 2 is 2.10 bits per heavy atom. The van der Waals surface area contributed by atoms with Crippen molar-refractivity contribution >= 4 is 18.2 Å². The molecule has 1 aromatic heterocycles. The molecule has 0 unspecified atom stereocenters. The molecule has 0 bridgehead atoms. The van der Waals surface area contributed by atoms with Gasteiger partial charge in [-0.25, -0.2) is 4.98 Å². The van der Waals surface area contributed by atoms with Gasteiger partial charge >= 0.3 is 0 Å². The first-order chi connectivity index (χ1) is 9.22. The molecule has 20 heavy (non-hydrogen) atoms. The molecule has 1 aromatic carbocycles. The second-order valence-electron chi connectivity index (χ2n) is 5.33. The summed E-state index contributed by atoms with van der Waals surface area (Å²) >= 11 is 0. The zero-order chi connectivity index (χ0) is 13.2. The van der Waals surface area contributed by atoms with Crippen LogP contribution in [0, 0.1) is 6.92 Å². The Hall–Kier alpha value is -1.58. The first-order valence-electron chi connectivity index (χ1n) is 6.73. The van der Waals surface area contributed by atoms with Crippen molar-refractivity contribution in [1.82, 2.24) is 4.98 Å². The van der Waals surface area contributed by atoms with Crippen molar-refractivity contribution in [3.05, 3.63) is 59.3 Å². The van der Waals surface area contributed by atoms with E-state index < -0.39 is 0 Å². The normalized spacial score (nSPS) is 20.1. The maximum absolute atomic E-state index is 5.84. The minimum atomic E-state index is 0. The molecule has 1 saturated carbocycles. The van der Waals surface area contributed by atoms with Crippen molar-refractivity contribution in [2.75, 3.05) is 5.32 Å². The zero-order valence-electron chi connectivity index (χ0n) is 11.5. The van der Waals surface area contributed by atoms with Crippen LogP contribution in [0.15, 0.2) is 42.6 Å². The van der Waals surface area contributed by atoms with Gasteiger partial charge in [0.25, 0.3) is 0 Å². The number of nitrogens with two attached hydrogens (primary N) is 1. The van der Waals surface area contributed by atoms with Gasteiger partial charge in [-0.2, -0.15) is 0 Å². The molecule has 0 saturated heterocycles. The van der Waals surface area contributed by atoms with Crippen LogP contribution in [0.1, 0.15) is 29.0 Å². The van der Waals surface area contributed by atoms with Gasteiger partial charge in [-0.05, 0) is 30.5 Å². The van der Waals surface area contributed by atoms with Crippen LogP contribution < -0.4 is 11.1 Å². The molecule has 1 fully saturated rings. The number of halogens is 1. The molecule has 1 aliphatic rings. The summed E-state index contributed by atoms with van der Waals surface area (Å²) in [5.41, 5.74) is 9.66. The van der Waals surface area contributed by atoms with Gasteiger partial charge in [0.1, 0.15) is 5.82 Å². The van der Waals surface area contributed by atoms with Gasteiger partial charge < -0.3 is 11.1 Å². The van der Waals surface area contributed by atoms with E-state index in [9.17, 15) is 0 Å². The third-order valence-corrected chi connectivity index (χ3v) is 3.61. The highest BCUT2D eigenvalue weighted by atomic mass is 35.5. The lowest BCUT2D eigenvalue weighted by Crippen LogP contribution is -2.03. The summed E-state index contributed by atoms with van der Waals surface area (Å²) in [4.78, 5) is 4.45. The lowest BCUT2D eigenvalue weighted by molar-refractivity contribution is 0.978. The molecule has 3 rings (SSSR count). The number of hydrogen-bond donors (Lipinski definition) is 2. The SMILES string of the molecule is Cc1cccc(CNc2ccc([C@@H]3C[C@H]3N)cn2)c1.Cl. The van der Waals surface area contributed by atoms with Crippen molar-refractivity contribution in [3.8, 4) is 0 Å². The van der Waals surface area contributed by atoms with E-state index in [1.165, 1.54) is 16.7 Å². The summed E-state index contributed by atoms with van der Waals surface area (Å²) in [7, 11) is 0.